The predicted octanol–water partition coefficient (Wildman–Crippen LogP) is 3.09. The Morgan fingerprint density at radius 2 is 2.20 bits per heavy atom. The van der Waals surface area contributed by atoms with Crippen molar-refractivity contribution in [1.82, 2.24) is 4.98 Å². The lowest BCUT2D eigenvalue weighted by Crippen LogP contribution is -1.90. The minimum atomic E-state index is 0.483. The fourth-order valence-electron chi connectivity index (χ4n) is 1.48. The molecule has 0 unspecified atom stereocenters. The van der Waals surface area contributed by atoms with Crippen LogP contribution in [0.15, 0.2) is 41.6 Å². The van der Waals surface area contributed by atoms with Gasteiger partial charge < -0.3 is 0 Å². The van der Waals surface area contributed by atoms with Crippen LogP contribution in [0.3, 0.4) is 0 Å². The Kier molecular flexibility index (Phi) is 2.81. The Morgan fingerprint density at radius 3 is 3.07 bits per heavy atom. The summed E-state index contributed by atoms with van der Waals surface area (Å²) in [7, 11) is 0. The summed E-state index contributed by atoms with van der Waals surface area (Å²) in [5.41, 5.74) is 10.2. The van der Waals surface area contributed by atoms with E-state index in [0.717, 1.165) is 22.9 Å². The highest BCUT2D eigenvalue weighted by molar-refractivity contribution is 5.78. The predicted molar refractivity (Wildman–Crippen MR) is 59.5 cm³/mol. The van der Waals surface area contributed by atoms with E-state index in [-0.39, 0.29) is 0 Å². The normalized spacial score (nSPS) is 9.87. The summed E-state index contributed by atoms with van der Waals surface area (Å²) >= 11 is 0. The first-order valence-corrected chi connectivity index (χ1v) is 4.74. The monoisotopic (exact) mass is 198 g/mol. The van der Waals surface area contributed by atoms with Crippen LogP contribution in [0.4, 0.5) is 0 Å². The largest absolute Gasteiger partial charge is 0.256 e. The molecule has 74 valence electrons. The molecule has 1 aromatic heterocycles. The lowest BCUT2D eigenvalue weighted by molar-refractivity contribution is 0.951. The van der Waals surface area contributed by atoms with Gasteiger partial charge in [-0.15, -0.1) is 0 Å². The van der Waals surface area contributed by atoms with Crippen LogP contribution in [-0.2, 0) is 6.42 Å². The highest BCUT2D eigenvalue weighted by Gasteiger charge is 1.96. The molecular formula is C11H10N4. The average Bonchev–Trinajstić information content (AvgIpc) is 2.29. The number of hydrogen-bond acceptors (Lipinski definition) is 2. The molecule has 0 saturated carbocycles. The van der Waals surface area contributed by atoms with Crippen LogP contribution in [0.25, 0.3) is 21.3 Å². The standard InChI is InChI=1S/C11H10N4/c12-15-14-6-5-9-7-10-3-1-2-4-11(10)13-8-9/h1-4,7-8H,5-6H2. The van der Waals surface area contributed by atoms with Crippen LogP contribution in [0.1, 0.15) is 5.56 Å². The molecule has 2 rings (SSSR count). The molecule has 0 aliphatic heterocycles. The Balaban J connectivity index is 2.26. The van der Waals surface area contributed by atoms with E-state index in [9.17, 15) is 0 Å². The second kappa shape index (κ2) is 4.44. The van der Waals surface area contributed by atoms with E-state index in [0.29, 0.717) is 6.54 Å². The van der Waals surface area contributed by atoms with Crippen molar-refractivity contribution in [1.29, 1.82) is 0 Å². The number of azide groups is 1. The zero-order valence-corrected chi connectivity index (χ0v) is 8.17. The van der Waals surface area contributed by atoms with Gasteiger partial charge in [0, 0.05) is 23.0 Å². The van der Waals surface area contributed by atoms with E-state index in [1.807, 2.05) is 30.5 Å². The minimum absolute atomic E-state index is 0.483. The summed E-state index contributed by atoms with van der Waals surface area (Å²) in [4.78, 5) is 7.04. The molecule has 0 bridgehead atoms. The molecule has 2 aromatic rings. The van der Waals surface area contributed by atoms with Gasteiger partial charge in [0.05, 0.1) is 5.52 Å². The van der Waals surface area contributed by atoms with Crippen LogP contribution in [0.2, 0.25) is 0 Å². The third-order valence-corrected chi connectivity index (χ3v) is 2.21. The molecule has 15 heavy (non-hydrogen) atoms. The van der Waals surface area contributed by atoms with Gasteiger partial charge in [-0.1, -0.05) is 23.3 Å². The Bertz CT molecular complexity index is 515. The number of nitrogens with zero attached hydrogens (tertiary/aromatic N) is 4. The van der Waals surface area contributed by atoms with Crippen molar-refractivity contribution in [3.8, 4) is 0 Å². The van der Waals surface area contributed by atoms with Crippen LogP contribution in [-0.4, -0.2) is 11.5 Å². The van der Waals surface area contributed by atoms with E-state index in [1.165, 1.54) is 0 Å². The number of fused-ring (bicyclic) bond motifs is 1. The van der Waals surface area contributed by atoms with E-state index in [2.05, 4.69) is 21.1 Å². The van der Waals surface area contributed by atoms with Gasteiger partial charge >= 0.3 is 0 Å². The Morgan fingerprint density at radius 1 is 1.33 bits per heavy atom. The molecule has 0 radical (unpaired) electrons. The maximum Gasteiger partial charge on any atom is 0.0702 e. The lowest BCUT2D eigenvalue weighted by atomic mass is 10.1. The van der Waals surface area contributed by atoms with E-state index < -0.39 is 0 Å². The molecule has 0 aliphatic rings. The molecular weight excluding hydrogens is 188 g/mol. The third kappa shape index (κ3) is 2.24. The maximum atomic E-state index is 8.16. The number of rotatable bonds is 3. The highest BCUT2D eigenvalue weighted by atomic mass is 15.1. The summed E-state index contributed by atoms with van der Waals surface area (Å²) < 4.78 is 0. The highest BCUT2D eigenvalue weighted by Crippen LogP contribution is 2.12. The average molecular weight is 198 g/mol. The number of aromatic nitrogens is 1. The van der Waals surface area contributed by atoms with Crippen LogP contribution >= 0.6 is 0 Å². The summed E-state index contributed by atoms with van der Waals surface area (Å²) in [6, 6.07) is 10.0. The molecule has 0 amide bonds. The van der Waals surface area contributed by atoms with Gasteiger partial charge in [0.1, 0.15) is 0 Å². The molecule has 0 atom stereocenters. The topological polar surface area (TPSA) is 61.7 Å². The smallest absolute Gasteiger partial charge is 0.0702 e. The SMILES string of the molecule is [N-]=[N+]=NCCc1cnc2ccccc2c1. The fraction of sp³-hybridized carbons (Fsp3) is 0.182. The molecule has 0 aliphatic carbocycles. The van der Waals surface area contributed by atoms with Crippen molar-refractivity contribution < 1.29 is 0 Å². The van der Waals surface area contributed by atoms with Gasteiger partial charge in [0.15, 0.2) is 0 Å². The van der Waals surface area contributed by atoms with E-state index >= 15 is 0 Å². The third-order valence-electron chi connectivity index (χ3n) is 2.21. The first kappa shape index (κ1) is 9.49. The number of pyridine rings is 1. The van der Waals surface area contributed by atoms with Gasteiger partial charge in [0.25, 0.3) is 0 Å². The fourth-order valence-corrected chi connectivity index (χ4v) is 1.48. The quantitative estimate of drug-likeness (QED) is 0.424. The molecule has 0 N–H and O–H groups in total. The van der Waals surface area contributed by atoms with Crippen LogP contribution in [0, 0.1) is 0 Å². The molecule has 1 heterocycles. The lowest BCUT2D eigenvalue weighted by Gasteiger charge is -2.00. The van der Waals surface area contributed by atoms with Gasteiger partial charge in [-0.2, -0.15) is 0 Å². The molecule has 0 saturated heterocycles. The summed E-state index contributed by atoms with van der Waals surface area (Å²) in [6.07, 6.45) is 2.57. The zero-order valence-electron chi connectivity index (χ0n) is 8.17. The first-order chi connectivity index (χ1) is 7.40. The van der Waals surface area contributed by atoms with E-state index in [4.69, 9.17) is 5.53 Å². The second-order valence-electron chi connectivity index (χ2n) is 3.24. The van der Waals surface area contributed by atoms with Gasteiger partial charge in [-0.25, -0.2) is 0 Å². The van der Waals surface area contributed by atoms with Crippen molar-refractivity contribution in [2.24, 2.45) is 5.11 Å². The molecule has 4 heteroatoms. The number of hydrogen-bond donors (Lipinski definition) is 0. The zero-order chi connectivity index (χ0) is 10.5. The summed E-state index contributed by atoms with van der Waals surface area (Å²) in [5, 5.41) is 4.62. The molecule has 1 aromatic carbocycles. The Hall–Kier alpha value is -2.06. The maximum absolute atomic E-state index is 8.16. The van der Waals surface area contributed by atoms with E-state index in [1.54, 1.807) is 0 Å². The first-order valence-electron chi connectivity index (χ1n) is 4.74. The van der Waals surface area contributed by atoms with Gasteiger partial charge in [0.2, 0.25) is 0 Å². The van der Waals surface area contributed by atoms with Gasteiger partial charge in [-0.3, -0.25) is 4.98 Å². The molecule has 4 nitrogen and oxygen atoms in total. The van der Waals surface area contributed by atoms with Crippen molar-refractivity contribution in [2.45, 2.75) is 6.42 Å². The number of benzene rings is 1. The second-order valence-corrected chi connectivity index (χ2v) is 3.24. The Labute approximate surface area is 87.2 Å². The summed E-state index contributed by atoms with van der Waals surface area (Å²) in [6.45, 7) is 0.483. The van der Waals surface area contributed by atoms with Crippen molar-refractivity contribution in [3.05, 3.63) is 52.5 Å². The van der Waals surface area contributed by atoms with Crippen LogP contribution < -0.4 is 0 Å². The van der Waals surface area contributed by atoms with Gasteiger partial charge in [-0.05, 0) is 29.6 Å². The minimum Gasteiger partial charge on any atom is -0.256 e. The van der Waals surface area contributed by atoms with Crippen molar-refractivity contribution >= 4 is 10.9 Å². The number of para-hydroxylation sites is 1. The van der Waals surface area contributed by atoms with Crippen molar-refractivity contribution in [2.75, 3.05) is 6.54 Å². The van der Waals surface area contributed by atoms with Crippen LogP contribution in [0.5, 0.6) is 0 Å². The summed E-state index contributed by atoms with van der Waals surface area (Å²) in [5.74, 6) is 0. The molecule has 0 fully saturated rings. The molecule has 0 spiro atoms. The van der Waals surface area contributed by atoms with Crippen molar-refractivity contribution in [3.63, 3.8) is 0 Å².